The molecule has 1 aromatic carbocycles. The SMILES string of the molecule is COc1ccnc(F)c1-c1ccc(N)c(C(=N)c2ccnc(N3CCN(S(C)(=O)=O)CC3)c2)c1. The first-order valence-electron chi connectivity index (χ1n) is 10.5. The maximum atomic E-state index is 14.5. The van der Waals surface area contributed by atoms with Crippen molar-refractivity contribution in [1.29, 1.82) is 5.41 Å². The summed E-state index contributed by atoms with van der Waals surface area (Å²) in [7, 11) is -1.78. The number of benzene rings is 1. The third kappa shape index (κ3) is 4.70. The van der Waals surface area contributed by atoms with Crippen molar-refractivity contribution in [2.45, 2.75) is 0 Å². The van der Waals surface area contributed by atoms with Crippen molar-refractivity contribution in [3.63, 3.8) is 0 Å². The van der Waals surface area contributed by atoms with Crippen molar-refractivity contribution in [2.24, 2.45) is 0 Å². The van der Waals surface area contributed by atoms with E-state index in [0.717, 1.165) is 0 Å². The molecule has 4 rings (SSSR count). The third-order valence-corrected chi connectivity index (χ3v) is 7.07. The number of aromatic nitrogens is 2. The Kier molecular flexibility index (Phi) is 6.49. The standard InChI is InChI=1S/C23H25FN6O3S/c1-33-19-6-8-28-23(24)21(19)15-3-4-18(25)17(13-15)22(26)16-5-7-27-20(14-16)29-9-11-30(12-10-29)34(2,31)32/h3-8,13-14,26H,9-12,25H2,1-2H3. The third-order valence-electron chi connectivity index (χ3n) is 5.76. The van der Waals surface area contributed by atoms with Gasteiger partial charge >= 0.3 is 0 Å². The molecule has 9 nitrogen and oxygen atoms in total. The Hall–Kier alpha value is -3.57. The molecule has 0 saturated carbocycles. The highest BCUT2D eigenvalue weighted by molar-refractivity contribution is 7.88. The average molecular weight is 485 g/mol. The van der Waals surface area contributed by atoms with Crippen molar-refractivity contribution in [3.8, 4) is 16.9 Å². The number of nitrogens with one attached hydrogen (secondary N) is 1. The summed E-state index contributed by atoms with van der Waals surface area (Å²) in [5.74, 6) is 0.292. The highest BCUT2D eigenvalue weighted by Crippen LogP contribution is 2.33. The molecule has 0 bridgehead atoms. The first kappa shape index (κ1) is 23.6. The first-order chi connectivity index (χ1) is 16.2. The fraction of sp³-hybridized carbons (Fsp3) is 0.261. The van der Waals surface area contributed by atoms with Crippen LogP contribution >= 0.6 is 0 Å². The number of hydrogen-bond acceptors (Lipinski definition) is 8. The van der Waals surface area contributed by atoms with Gasteiger partial charge in [0.2, 0.25) is 16.0 Å². The van der Waals surface area contributed by atoms with Crippen LogP contribution in [0.4, 0.5) is 15.9 Å². The quantitative estimate of drug-likeness (QED) is 0.313. The topological polar surface area (TPSA) is 126 Å². The number of halogens is 1. The van der Waals surface area contributed by atoms with E-state index in [1.54, 1.807) is 42.6 Å². The van der Waals surface area contributed by atoms with Gasteiger partial charge in [0.1, 0.15) is 11.6 Å². The molecule has 0 spiro atoms. The second-order valence-electron chi connectivity index (χ2n) is 7.91. The van der Waals surface area contributed by atoms with Crippen LogP contribution in [0.3, 0.4) is 0 Å². The molecule has 1 aliphatic heterocycles. The summed E-state index contributed by atoms with van der Waals surface area (Å²) in [5, 5.41) is 8.79. The molecule has 3 aromatic rings. The monoisotopic (exact) mass is 484 g/mol. The van der Waals surface area contributed by atoms with Crippen LogP contribution in [-0.2, 0) is 10.0 Å². The maximum Gasteiger partial charge on any atom is 0.224 e. The molecular formula is C23H25FN6O3S. The number of nitrogens with two attached hydrogens (primary N) is 1. The first-order valence-corrected chi connectivity index (χ1v) is 12.4. The lowest BCUT2D eigenvalue weighted by molar-refractivity contribution is 0.387. The Balaban J connectivity index is 1.63. The van der Waals surface area contributed by atoms with Crippen LogP contribution in [0, 0.1) is 11.4 Å². The summed E-state index contributed by atoms with van der Waals surface area (Å²) < 4.78 is 44.8. The lowest BCUT2D eigenvalue weighted by Gasteiger charge is -2.34. The molecular weight excluding hydrogens is 459 g/mol. The van der Waals surface area contributed by atoms with Gasteiger partial charge in [-0.3, -0.25) is 5.41 Å². The summed E-state index contributed by atoms with van der Waals surface area (Å²) in [6.45, 7) is 1.73. The average Bonchev–Trinajstić information content (AvgIpc) is 2.83. The smallest absolute Gasteiger partial charge is 0.224 e. The summed E-state index contributed by atoms with van der Waals surface area (Å²) in [6.07, 6.45) is 4.13. The molecule has 1 aliphatic rings. The molecule has 178 valence electrons. The van der Waals surface area contributed by atoms with Crippen molar-refractivity contribution < 1.29 is 17.5 Å². The summed E-state index contributed by atoms with van der Waals surface area (Å²) in [5.41, 5.74) is 8.40. The van der Waals surface area contributed by atoms with Crippen LogP contribution in [0.25, 0.3) is 11.1 Å². The van der Waals surface area contributed by atoms with Crippen LogP contribution in [0.5, 0.6) is 5.75 Å². The molecule has 1 saturated heterocycles. The van der Waals surface area contributed by atoms with Gasteiger partial charge in [0.25, 0.3) is 0 Å². The number of nitrogen functional groups attached to an aromatic ring is 1. The molecule has 0 atom stereocenters. The van der Waals surface area contributed by atoms with E-state index in [0.29, 0.717) is 60.1 Å². The molecule has 0 radical (unpaired) electrons. The molecule has 1 fully saturated rings. The molecule has 3 heterocycles. The second kappa shape index (κ2) is 9.35. The Bertz CT molecular complexity index is 1340. The molecule has 0 unspecified atom stereocenters. The van der Waals surface area contributed by atoms with Gasteiger partial charge in [-0.05, 0) is 35.9 Å². The highest BCUT2D eigenvalue weighted by atomic mass is 32.2. The van der Waals surface area contributed by atoms with Gasteiger partial charge in [0.05, 0.1) is 24.6 Å². The number of ether oxygens (including phenoxy) is 1. The Labute approximate surface area is 197 Å². The van der Waals surface area contributed by atoms with Crippen LogP contribution in [0.15, 0.2) is 48.8 Å². The summed E-state index contributed by atoms with van der Waals surface area (Å²) >= 11 is 0. The molecule has 2 aromatic heterocycles. The predicted octanol–water partition coefficient (Wildman–Crippen LogP) is 2.37. The number of pyridine rings is 2. The lowest BCUT2D eigenvalue weighted by atomic mass is 9.96. The number of sulfonamides is 1. The number of nitrogens with zero attached hydrogens (tertiary/aromatic N) is 4. The Morgan fingerprint density at radius 3 is 2.47 bits per heavy atom. The number of methoxy groups -OCH3 is 1. The van der Waals surface area contributed by atoms with E-state index in [2.05, 4.69) is 9.97 Å². The number of rotatable bonds is 6. The summed E-state index contributed by atoms with van der Waals surface area (Å²) in [6, 6.07) is 9.97. The summed E-state index contributed by atoms with van der Waals surface area (Å²) in [4.78, 5) is 10.1. The number of piperazine rings is 1. The normalized spacial score (nSPS) is 14.7. The highest BCUT2D eigenvalue weighted by Gasteiger charge is 2.24. The van der Waals surface area contributed by atoms with Gasteiger partial charge in [-0.15, -0.1) is 0 Å². The molecule has 3 N–H and O–H groups in total. The van der Waals surface area contributed by atoms with E-state index in [1.165, 1.54) is 23.9 Å². The molecule has 0 amide bonds. The second-order valence-corrected chi connectivity index (χ2v) is 9.89. The minimum atomic E-state index is -3.23. The van der Waals surface area contributed by atoms with E-state index >= 15 is 0 Å². The van der Waals surface area contributed by atoms with Crippen molar-refractivity contribution >= 4 is 27.2 Å². The van der Waals surface area contributed by atoms with Crippen LogP contribution in [0.2, 0.25) is 0 Å². The van der Waals surface area contributed by atoms with Gasteiger partial charge in [0.15, 0.2) is 0 Å². The van der Waals surface area contributed by atoms with Crippen molar-refractivity contribution in [3.05, 3.63) is 65.9 Å². The van der Waals surface area contributed by atoms with Gasteiger partial charge in [0, 0.05) is 55.4 Å². The van der Waals surface area contributed by atoms with Crippen molar-refractivity contribution in [2.75, 3.05) is 50.2 Å². The zero-order valence-corrected chi connectivity index (χ0v) is 19.6. The van der Waals surface area contributed by atoms with E-state index in [-0.39, 0.29) is 11.3 Å². The minimum Gasteiger partial charge on any atom is -0.496 e. The van der Waals surface area contributed by atoms with E-state index in [4.69, 9.17) is 15.9 Å². The van der Waals surface area contributed by atoms with E-state index in [9.17, 15) is 12.8 Å². The number of anilines is 2. The van der Waals surface area contributed by atoms with Crippen LogP contribution < -0.4 is 15.4 Å². The van der Waals surface area contributed by atoms with Crippen LogP contribution in [-0.4, -0.2) is 67.9 Å². The zero-order valence-electron chi connectivity index (χ0n) is 18.8. The Morgan fingerprint density at radius 1 is 1.09 bits per heavy atom. The van der Waals surface area contributed by atoms with Gasteiger partial charge in [-0.1, -0.05) is 6.07 Å². The number of hydrogen-bond donors (Lipinski definition) is 2. The van der Waals surface area contributed by atoms with Gasteiger partial charge in [-0.2, -0.15) is 8.70 Å². The molecule has 34 heavy (non-hydrogen) atoms. The zero-order chi connectivity index (χ0) is 24.5. The largest absolute Gasteiger partial charge is 0.496 e. The Morgan fingerprint density at radius 2 is 1.79 bits per heavy atom. The van der Waals surface area contributed by atoms with Crippen LogP contribution in [0.1, 0.15) is 11.1 Å². The fourth-order valence-electron chi connectivity index (χ4n) is 3.93. The molecule has 0 aliphatic carbocycles. The molecule has 11 heteroatoms. The van der Waals surface area contributed by atoms with Gasteiger partial charge < -0.3 is 15.4 Å². The van der Waals surface area contributed by atoms with Gasteiger partial charge in [-0.25, -0.2) is 18.4 Å². The minimum absolute atomic E-state index is 0.154. The van der Waals surface area contributed by atoms with E-state index < -0.39 is 16.0 Å². The fourth-order valence-corrected chi connectivity index (χ4v) is 4.76. The maximum absolute atomic E-state index is 14.5. The van der Waals surface area contributed by atoms with E-state index in [1.807, 2.05) is 4.90 Å². The lowest BCUT2D eigenvalue weighted by Crippen LogP contribution is -2.48. The predicted molar refractivity (Wildman–Crippen MR) is 129 cm³/mol. The van der Waals surface area contributed by atoms with Crippen molar-refractivity contribution in [1.82, 2.24) is 14.3 Å².